The molecular weight excluding hydrogens is 289 g/mol. The Labute approximate surface area is 117 Å². The van der Waals surface area contributed by atoms with Crippen molar-refractivity contribution in [2.75, 3.05) is 4.90 Å². The minimum atomic E-state index is -0.487. The standard InChI is InChI=1S/C12H5Cl2N3O2/c13-8-5-9(14)16-12(15-8)17-10(18)6-3-1-2-4-7(6)11(17)19/h1-5H. The molecule has 0 fully saturated rings. The topological polar surface area (TPSA) is 63.2 Å². The SMILES string of the molecule is O=C1c2ccccc2C(=O)N1c1nc(Cl)cc(Cl)n1. The average molecular weight is 294 g/mol. The summed E-state index contributed by atoms with van der Waals surface area (Å²) in [4.78, 5) is 32.9. The maximum atomic E-state index is 12.2. The number of carbonyl (C=O) groups excluding carboxylic acids is 2. The van der Waals surface area contributed by atoms with Crippen LogP contribution >= 0.6 is 23.2 Å². The molecule has 0 saturated heterocycles. The monoisotopic (exact) mass is 293 g/mol. The molecule has 0 spiro atoms. The highest BCUT2D eigenvalue weighted by Gasteiger charge is 2.38. The van der Waals surface area contributed by atoms with Crippen LogP contribution in [0.15, 0.2) is 30.3 Å². The Morgan fingerprint density at radius 2 is 1.37 bits per heavy atom. The summed E-state index contributed by atoms with van der Waals surface area (Å²) in [5, 5.41) is 0.123. The first-order valence-electron chi connectivity index (χ1n) is 5.26. The van der Waals surface area contributed by atoms with Crippen LogP contribution in [-0.4, -0.2) is 21.8 Å². The Kier molecular flexibility index (Phi) is 2.73. The summed E-state index contributed by atoms with van der Waals surface area (Å²) in [5.74, 6) is -1.10. The van der Waals surface area contributed by atoms with Gasteiger partial charge in [0.15, 0.2) is 0 Å². The molecule has 5 nitrogen and oxygen atoms in total. The van der Waals surface area contributed by atoms with Crippen molar-refractivity contribution in [1.82, 2.24) is 9.97 Å². The van der Waals surface area contributed by atoms with E-state index in [0.29, 0.717) is 11.1 Å². The van der Waals surface area contributed by atoms with Crippen molar-refractivity contribution in [3.05, 3.63) is 51.8 Å². The van der Waals surface area contributed by atoms with Gasteiger partial charge >= 0.3 is 0 Å². The van der Waals surface area contributed by atoms with E-state index >= 15 is 0 Å². The van der Waals surface area contributed by atoms with E-state index in [1.807, 2.05) is 0 Å². The second kappa shape index (κ2) is 4.29. The number of anilines is 1. The fourth-order valence-corrected chi connectivity index (χ4v) is 2.26. The van der Waals surface area contributed by atoms with Gasteiger partial charge in [0.2, 0.25) is 5.95 Å². The van der Waals surface area contributed by atoms with Gasteiger partial charge in [-0.1, -0.05) is 35.3 Å². The van der Waals surface area contributed by atoms with Gasteiger partial charge in [-0.2, -0.15) is 0 Å². The van der Waals surface area contributed by atoms with Crippen LogP contribution in [0, 0.1) is 0 Å². The summed E-state index contributed by atoms with van der Waals surface area (Å²) >= 11 is 11.5. The zero-order valence-corrected chi connectivity index (χ0v) is 10.8. The highest BCUT2D eigenvalue weighted by atomic mass is 35.5. The zero-order chi connectivity index (χ0) is 13.6. The summed E-state index contributed by atoms with van der Waals surface area (Å²) in [6, 6.07) is 7.83. The van der Waals surface area contributed by atoms with Gasteiger partial charge in [-0.3, -0.25) is 9.59 Å². The number of benzene rings is 1. The molecule has 3 rings (SSSR count). The lowest BCUT2D eigenvalue weighted by Gasteiger charge is -2.11. The molecule has 94 valence electrons. The van der Waals surface area contributed by atoms with Gasteiger partial charge in [-0.25, -0.2) is 14.9 Å². The lowest BCUT2D eigenvalue weighted by atomic mass is 10.1. The van der Waals surface area contributed by atoms with E-state index in [4.69, 9.17) is 23.2 Å². The normalized spacial score (nSPS) is 13.9. The fourth-order valence-electron chi connectivity index (χ4n) is 1.85. The van der Waals surface area contributed by atoms with Crippen LogP contribution in [0.3, 0.4) is 0 Å². The Morgan fingerprint density at radius 1 is 0.895 bits per heavy atom. The van der Waals surface area contributed by atoms with Crippen molar-refractivity contribution in [2.24, 2.45) is 0 Å². The molecule has 1 aromatic carbocycles. The number of aromatic nitrogens is 2. The molecule has 0 saturated carbocycles. The first kappa shape index (κ1) is 12.1. The van der Waals surface area contributed by atoms with Crippen molar-refractivity contribution in [3.63, 3.8) is 0 Å². The number of halogens is 2. The van der Waals surface area contributed by atoms with E-state index in [1.165, 1.54) is 6.07 Å². The number of carbonyl (C=O) groups is 2. The molecule has 19 heavy (non-hydrogen) atoms. The molecule has 1 aromatic heterocycles. The third-order valence-corrected chi connectivity index (χ3v) is 3.03. The molecule has 0 aliphatic carbocycles. The van der Waals surface area contributed by atoms with E-state index in [1.54, 1.807) is 24.3 Å². The number of hydrogen-bond acceptors (Lipinski definition) is 4. The van der Waals surface area contributed by atoms with Gasteiger partial charge in [0.25, 0.3) is 11.8 Å². The Morgan fingerprint density at radius 3 is 1.84 bits per heavy atom. The first-order chi connectivity index (χ1) is 9.08. The van der Waals surface area contributed by atoms with Crippen molar-refractivity contribution >= 4 is 41.0 Å². The molecular formula is C12H5Cl2N3O2. The van der Waals surface area contributed by atoms with E-state index in [2.05, 4.69) is 9.97 Å². The molecule has 0 unspecified atom stereocenters. The summed E-state index contributed by atoms with van der Waals surface area (Å²) < 4.78 is 0. The van der Waals surface area contributed by atoms with E-state index < -0.39 is 11.8 Å². The summed E-state index contributed by atoms with van der Waals surface area (Å²) in [6.07, 6.45) is 0. The number of nitrogens with zero attached hydrogens (tertiary/aromatic N) is 3. The van der Waals surface area contributed by atoms with Crippen LogP contribution in [0.4, 0.5) is 5.95 Å². The second-order valence-electron chi connectivity index (χ2n) is 3.80. The van der Waals surface area contributed by atoms with E-state index in [9.17, 15) is 9.59 Å². The van der Waals surface area contributed by atoms with Crippen LogP contribution in [0.25, 0.3) is 0 Å². The predicted octanol–water partition coefficient (Wildman–Crippen LogP) is 2.58. The molecule has 7 heteroatoms. The van der Waals surface area contributed by atoms with Gasteiger partial charge in [-0.05, 0) is 12.1 Å². The highest BCUT2D eigenvalue weighted by molar-refractivity contribution is 6.35. The van der Waals surface area contributed by atoms with Crippen molar-refractivity contribution < 1.29 is 9.59 Å². The maximum absolute atomic E-state index is 12.2. The smallest absolute Gasteiger partial charge is 0.268 e. The number of imide groups is 1. The molecule has 2 aromatic rings. The second-order valence-corrected chi connectivity index (χ2v) is 4.58. The first-order valence-corrected chi connectivity index (χ1v) is 6.01. The molecule has 0 bridgehead atoms. The zero-order valence-electron chi connectivity index (χ0n) is 9.30. The minimum Gasteiger partial charge on any atom is -0.268 e. The number of fused-ring (bicyclic) bond motifs is 1. The van der Waals surface area contributed by atoms with Gasteiger partial charge < -0.3 is 0 Å². The summed E-state index contributed by atoms with van der Waals surface area (Å²) in [7, 11) is 0. The summed E-state index contributed by atoms with van der Waals surface area (Å²) in [5.41, 5.74) is 0.624. The van der Waals surface area contributed by atoms with Crippen LogP contribution in [0.2, 0.25) is 10.3 Å². The van der Waals surface area contributed by atoms with Crippen LogP contribution in [0.5, 0.6) is 0 Å². The predicted molar refractivity (Wildman–Crippen MR) is 69.6 cm³/mol. The van der Waals surface area contributed by atoms with Crippen LogP contribution < -0.4 is 4.90 Å². The van der Waals surface area contributed by atoms with Gasteiger partial charge in [0.05, 0.1) is 11.1 Å². The molecule has 0 radical (unpaired) electrons. The summed E-state index contributed by atoms with van der Waals surface area (Å²) in [6.45, 7) is 0. The van der Waals surface area contributed by atoms with Gasteiger partial charge in [-0.15, -0.1) is 0 Å². The average Bonchev–Trinajstić information content (AvgIpc) is 2.61. The number of rotatable bonds is 1. The molecule has 0 N–H and O–H groups in total. The number of hydrogen-bond donors (Lipinski definition) is 0. The van der Waals surface area contributed by atoms with Crippen LogP contribution in [0.1, 0.15) is 20.7 Å². The van der Waals surface area contributed by atoms with Crippen LogP contribution in [-0.2, 0) is 0 Å². The maximum Gasteiger partial charge on any atom is 0.268 e. The highest BCUT2D eigenvalue weighted by Crippen LogP contribution is 2.27. The Bertz CT molecular complexity index is 663. The largest absolute Gasteiger partial charge is 0.268 e. The molecule has 2 amide bonds. The van der Waals surface area contributed by atoms with Crippen molar-refractivity contribution in [2.45, 2.75) is 0 Å². The lowest BCUT2D eigenvalue weighted by molar-refractivity contribution is 0.0924. The van der Waals surface area contributed by atoms with Gasteiger partial charge in [0.1, 0.15) is 10.3 Å². The van der Waals surface area contributed by atoms with Gasteiger partial charge in [0, 0.05) is 6.07 Å². The Hall–Kier alpha value is -1.98. The van der Waals surface area contributed by atoms with Crippen molar-refractivity contribution in [3.8, 4) is 0 Å². The van der Waals surface area contributed by atoms with Crippen molar-refractivity contribution in [1.29, 1.82) is 0 Å². The molecule has 1 aliphatic rings. The van der Waals surface area contributed by atoms with E-state index in [0.717, 1.165) is 4.90 Å². The minimum absolute atomic E-state index is 0.0616. The fraction of sp³-hybridized carbons (Fsp3) is 0. The quantitative estimate of drug-likeness (QED) is 0.599. The third-order valence-electron chi connectivity index (χ3n) is 2.65. The third kappa shape index (κ3) is 1.87. The molecule has 1 aliphatic heterocycles. The Balaban J connectivity index is 2.14. The molecule has 2 heterocycles. The van der Waals surface area contributed by atoms with E-state index in [-0.39, 0.29) is 16.3 Å². The molecule has 0 atom stereocenters. The lowest BCUT2D eigenvalue weighted by Crippen LogP contribution is -2.31. The number of amides is 2.